The highest BCUT2D eigenvalue weighted by Gasteiger charge is 2.08. The SMILES string of the molecule is Cc1c(CN)c(=O)[nH]c2c(C)cccc12. The zero-order valence-electron chi connectivity index (χ0n) is 8.92. The maximum atomic E-state index is 11.7. The Hall–Kier alpha value is -1.61. The van der Waals surface area contributed by atoms with Crippen LogP contribution in [0.2, 0.25) is 0 Å². The lowest BCUT2D eigenvalue weighted by Crippen LogP contribution is -2.18. The predicted octanol–water partition coefficient (Wildman–Crippen LogP) is 1.60. The Labute approximate surface area is 87.9 Å². The van der Waals surface area contributed by atoms with Gasteiger partial charge in [-0.05, 0) is 25.0 Å². The van der Waals surface area contributed by atoms with Gasteiger partial charge in [-0.15, -0.1) is 0 Å². The summed E-state index contributed by atoms with van der Waals surface area (Å²) in [5.74, 6) is 0. The molecule has 15 heavy (non-hydrogen) atoms. The third-order valence-electron chi connectivity index (χ3n) is 2.85. The molecule has 0 fully saturated rings. The molecule has 0 aliphatic rings. The molecule has 0 amide bonds. The molecule has 1 aromatic carbocycles. The zero-order chi connectivity index (χ0) is 11.0. The first-order chi connectivity index (χ1) is 7.15. The lowest BCUT2D eigenvalue weighted by molar-refractivity contribution is 1.01. The summed E-state index contributed by atoms with van der Waals surface area (Å²) in [6, 6.07) is 5.98. The van der Waals surface area contributed by atoms with Crippen molar-refractivity contribution < 1.29 is 0 Å². The van der Waals surface area contributed by atoms with E-state index in [1.807, 2.05) is 32.0 Å². The molecule has 0 saturated heterocycles. The average molecular weight is 202 g/mol. The van der Waals surface area contributed by atoms with E-state index in [0.29, 0.717) is 5.56 Å². The molecule has 0 bridgehead atoms. The quantitative estimate of drug-likeness (QED) is 0.738. The highest BCUT2D eigenvalue weighted by molar-refractivity contribution is 5.85. The van der Waals surface area contributed by atoms with E-state index in [1.54, 1.807) is 0 Å². The number of para-hydroxylation sites is 1. The van der Waals surface area contributed by atoms with Crippen molar-refractivity contribution in [3.8, 4) is 0 Å². The summed E-state index contributed by atoms with van der Waals surface area (Å²) in [5, 5.41) is 1.08. The summed E-state index contributed by atoms with van der Waals surface area (Å²) < 4.78 is 0. The highest BCUT2D eigenvalue weighted by atomic mass is 16.1. The number of pyridine rings is 1. The molecule has 1 aromatic heterocycles. The Bertz CT molecular complexity index is 570. The molecule has 3 N–H and O–H groups in total. The summed E-state index contributed by atoms with van der Waals surface area (Å²) in [6.45, 7) is 4.21. The Morgan fingerprint density at radius 2 is 2.07 bits per heavy atom. The zero-order valence-corrected chi connectivity index (χ0v) is 8.92. The first kappa shape index (κ1) is 9.93. The molecule has 3 nitrogen and oxygen atoms in total. The number of nitrogens with one attached hydrogen (secondary N) is 1. The van der Waals surface area contributed by atoms with Gasteiger partial charge in [0.25, 0.3) is 5.56 Å². The Balaban J connectivity index is 2.97. The Morgan fingerprint density at radius 3 is 2.73 bits per heavy atom. The summed E-state index contributed by atoms with van der Waals surface area (Å²) in [4.78, 5) is 14.6. The molecule has 0 spiro atoms. The van der Waals surface area contributed by atoms with Gasteiger partial charge in [0.15, 0.2) is 0 Å². The summed E-state index contributed by atoms with van der Waals surface area (Å²) in [5.41, 5.74) is 9.14. The number of aromatic nitrogens is 1. The van der Waals surface area contributed by atoms with E-state index in [-0.39, 0.29) is 12.1 Å². The fraction of sp³-hybridized carbons (Fsp3) is 0.250. The molecule has 0 aliphatic carbocycles. The summed E-state index contributed by atoms with van der Waals surface area (Å²) >= 11 is 0. The smallest absolute Gasteiger partial charge is 0.253 e. The van der Waals surface area contributed by atoms with Gasteiger partial charge in [-0.3, -0.25) is 4.79 Å². The second-order valence-corrected chi connectivity index (χ2v) is 3.76. The number of fused-ring (bicyclic) bond motifs is 1. The van der Waals surface area contributed by atoms with Crippen LogP contribution in [0.4, 0.5) is 0 Å². The van der Waals surface area contributed by atoms with E-state index in [9.17, 15) is 4.79 Å². The normalized spacial score (nSPS) is 10.9. The molecule has 1 heterocycles. The molecule has 78 valence electrons. The van der Waals surface area contributed by atoms with Gasteiger partial charge in [-0.25, -0.2) is 0 Å². The number of hydrogen-bond acceptors (Lipinski definition) is 2. The molecule has 0 atom stereocenters. The minimum Gasteiger partial charge on any atom is -0.326 e. The van der Waals surface area contributed by atoms with Crippen LogP contribution in [0.3, 0.4) is 0 Å². The van der Waals surface area contributed by atoms with Gasteiger partial charge in [0.1, 0.15) is 0 Å². The monoisotopic (exact) mass is 202 g/mol. The topological polar surface area (TPSA) is 58.9 Å². The molecule has 3 heteroatoms. The second-order valence-electron chi connectivity index (χ2n) is 3.76. The van der Waals surface area contributed by atoms with Crippen LogP contribution in [-0.2, 0) is 6.54 Å². The second kappa shape index (κ2) is 3.51. The average Bonchev–Trinajstić information content (AvgIpc) is 2.20. The van der Waals surface area contributed by atoms with Crippen LogP contribution in [0.5, 0.6) is 0 Å². The van der Waals surface area contributed by atoms with Crippen molar-refractivity contribution >= 4 is 10.9 Å². The van der Waals surface area contributed by atoms with Crippen LogP contribution in [0.1, 0.15) is 16.7 Å². The van der Waals surface area contributed by atoms with E-state index in [1.165, 1.54) is 0 Å². The van der Waals surface area contributed by atoms with Gasteiger partial charge in [-0.2, -0.15) is 0 Å². The maximum absolute atomic E-state index is 11.7. The summed E-state index contributed by atoms with van der Waals surface area (Å²) in [6.07, 6.45) is 0. The van der Waals surface area contributed by atoms with E-state index in [4.69, 9.17) is 5.73 Å². The number of aromatic amines is 1. The largest absolute Gasteiger partial charge is 0.326 e. The van der Waals surface area contributed by atoms with Crippen LogP contribution in [-0.4, -0.2) is 4.98 Å². The predicted molar refractivity (Wildman–Crippen MR) is 61.9 cm³/mol. The van der Waals surface area contributed by atoms with Crippen LogP contribution in [0, 0.1) is 13.8 Å². The highest BCUT2D eigenvalue weighted by Crippen LogP contribution is 2.19. The van der Waals surface area contributed by atoms with Crippen LogP contribution in [0.25, 0.3) is 10.9 Å². The summed E-state index contributed by atoms with van der Waals surface area (Å²) in [7, 11) is 0. The van der Waals surface area contributed by atoms with E-state index in [0.717, 1.165) is 22.0 Å². The lowest BCUT2D eigenvalue weighted by atomic mass is 10.0. The molecule has 0 saturated carbocycles. The van der Waals surface area contributed by atoms with E-state index < -0.39 is 0 Å². The molecule has 0 aliphatic heterocycles. The molecular weight excluding hydrogens is 188 g/mol. The third-order valence-corrected chi connectivity index (χ3v) is 2.85. The van der Waals surface area contributed by atoms with E-state index >= 15 is 0 Å². The van der Waals surface area contributed by atoms with Crippen molar-refractivity contribution in [3.63, 3.8) is 0 Å². The van der Waals surface area contributed by atoms with Gasteiger partial charge in [0.05, 0.1) is 5.52 Å². The van der Waals surface area contributed by atoms with Gasteiger partial charge in [-0.1, -0.05) is 18.2 Å². The van der Waals surface area contributed by atoms with Gasteiger partial charge >= 0.3 is 0 Å². The number of benzene rings is 1. The standard InChI is InChI=1S/C12H14N2O/c1-7-4-3-5-9-8(2)10(6-13)12(15)14-11(7)9/h3-5H,6,13H2,1-2H3,(H,14,15). The van der Waals surface area contributed by atoms with Gasteiger partial charge in [0, 0.05) is 17.5 Å². The third kappa shape index (κ3) is 1.45. The maximum Gasteiger partial charge on any atom is 0.253 e. The molecular formula is C12H14N2O. The Kier molecular flexibility index (Phi) is 2.32. The van der Waals surface area contributed by atoms with E-state index in [2.05, 4.69) is 4.98 Å². The minimum atomic E-state index is -0.0724. The number of hydrogen-bond donors (Lipinski definition) is 2. The van der Waals surface area contributed by atoms with Crippen molar-refractivity contribution in [3.05, 3.63) is 45.2 Å². The van der Waals surface area contributed by atoms with Crippen molar-refractivity contribution in [2.24, 2.45) is 5.73 Å². The first-order valence-corrected chi connectivity index (χ1v) is 4.96. The van der Waals surface area contributed by atoms with Gasteiger partial charge < -0.3 is 10.7 Å². The molecule has 0 unspecified atom stereocenters. The number of rotatable bonds is 1. The lowest BCUT2D eigenvalue weighted by Gasteiger charge is -2.08. The first-order valence-electron chi connectivity index (χ1n) is 4.96. The van der Waals surface area contributed by atoms with Crippen LogP contribution >= 0.6 is 0 Å². The van der Waals surface area contributed by atoms with Gasteiger partial charge in [0.2, 0.25) is 0 Å². The van der Waals surface area contributed by atoms with Crippen molar-refractivity contribution in [1.29, 1.82) is 0 Å². The van der Waals surface area contributed by atoms with Crippen molar-refractivity contribution in [2.45, 2.75) is 20.4 Å². The van der Waals surface area contributed by atoms with Crippen molar-refractivity contribution in [1.82, 2.24) is 4.98 Å². The number of H-pyrrole nitrogens is 1. The molecule has 2 rings (SSSR count). The number of nitrogens with two attached hydrogens (primary N) is 1. The fourth-order valence-corrected chi connectivity index (χ4v) is 1.91. The van der Waals surface area contributed by atoms with Crippen LogP contribution < -0.4 is 11.3 Å². The number of aryl methyl sites for hydroxylation is 2. The minimum absolute atomic E-state index is 0.0724. The van der Waals surface area contributed by atoms with Crippen LogP contribution in [0.15, 0.2) is 23.0 Å². The molecule has 0 radical (unpaired) electrons. The molecule has 2 aromatic rings. The van der Waals surface area contributed by atoms with Crippen molar-refractivity contribution in [2.75, 3.05) is 0 Å². The fourth-order valence-electron chi connectivity index (χ4n) is 1.91. The Morgan fingerprint density at radius 1 is 1.33 bits per heavy atom.